The quantitative estimate of drug-likeness (QED) is 0.670. The molecule has 0 bridgehead atoms. The molecule has 1 unspecified atom stereocenters. The lowest BCUT2D eigenvalue weighted by Crippen LogP contribution is -2.20. The highest BCUT2D eigenvalue weighted by Crippen LogP contribution is 2.32. The molecule has 0 fully saturated rings. The van der Waals surface area contributed by atoms with Gasteiger partial charge in [-0.25, -0.2) is 0 Å². The number of thiophene rings is 1. The van der Waals surface area contributed by atoms with Crippen LogP contribution in [0.25, 0.3) is 10.8 Å². The lowest BCUT2D eigenvalue weighted by atomic mass is 10.0. The summed E-state index contributed by atoms with van der Waals surface area (Å²) in [6, 6.07) is 19.8. The predicted molar refractivity (Wildman–Crippen MR) is 91.5 cm³/mol. The number of hydrogen-bond acceptors (Lipinski definition) is 2. The van der Waals surface area contributed by atoms with Gasteiger partial charge in [-0.3, -0.25) is 0 Å². The van der Waals surface area contributed by atoms with Gasteiger partial charge in [-0.15, -0.1) is 11.3 Å². The van der Waals surface area contributed by atoms with E-state index in [0.29, 0.717) is 0 Å². The SMILES string of the molecule is CCNC(c1ccc2ccccc2c1)c1ccc(Br)s1. The van der Waals surface area contributed by atoms with E-state index in [1.807, 2.05) is 0 Å². The first kappa shape index (κ1) is 13.8. The molecule has 0 aliphatic heterocycles. The van der Waals surface area contributed by atoms with E-state index >= 15 is 0 Å². The molecule has 1 atom stereocenters. The van der Waals surface area contributed by atoms with Gasteiger partial charge in [0.25, 0.3) is 0 Å². The first-order valence-corrected chi connectivity index (χ1v) is 8.36. The topological polar surface area (TPSA) is 12.0 Å². The highest BCUT2D eigenvalue weighted by molar-refractivity contribution is 9.11. The van der Waals surface area contributed by atoms with Gasteiger partial charge in [0.15, 0.2) is 0 Å². The number of nitrogens with one attached hydrogen (secondary N) is 1. The summed E-state index contributed by atoms with van der Waals surface area (Å²) < 4.78 is 1.18. The minimum absolute atomic E-state index is 0.265. The Balaban J connectivity index is 2.04. The van der Waals surface area contributed by atoms with E-state index < -0.39 is 0 Å². The summed E-state index contributed by atoms with van der Waals surface area (Å²) in [6.07, 6.45) is 0. The predicted octanol–water partition coefficient (Wildman–Crippen LogP) is 5.36. The molecule has 1 nitrogen and oxygen atoms in total. The van der Waals surface area contributed by atoms with E-state index in [1.54, 1.807) is 11.3 Å². The van der Waals surface area contributed by atoms with Crippen molar-refractivity contribution in [1.82, 2.24) is 5.32 Å². The Labute approximate surface area is 131 Å². The maximum Gasteiger partial charge on any atom is 0.0702 e. The van der Waals surface area contributed by atoms with Gasteiger partial charge in [-0.1, -0.05) is 43.3 Å². The molecule has 1 aromatic heterocycles. The van der Waals surface area contributed by atoms with E-state index in [1.165, 1.54) is 25.0 Å². The van der Waals surface area contributed by atoms with Crippen LogP contribution in [0.1, 0.15) is 23.4 Å². The number of hydrogen-bond donors (Lipinski definition) is 1. The molecule has 3 rings (SSSR count). The first-order valence-electron chi connectivity index (χ1n) is 6.75. The fraction of sp³-hybridized carbons (Fsp3) is 0.176. The van der Waals surface area contributed by atoms with Crippen LogP contribution in [0, 0.1) is 0 Å². The van der Waals surface area contributed by atoms with Crippen molar-refractivity contribution in [3.05, 3.63) is 68.8 Å². The van der Waals surface area contributed by atoms with Crippen LogP contribution in [0.2, 0.25) is 0 Å². The molecule has 102 valence electrons. The average molecular weight is 346 g/mol. The normalized spacial score (nSPS) is 12.7. The minimum atomic E-state index is 0.265. The molecule has 1 N–H and O–H groups in total. The molecule has 0 aliphatic carbocycles. The van der Waals surface area contributed by atoms with Crippen LogP contribution in [0.15, 0.2) is 58.4 Å². The van der Waals surface area contributed by atoms with Gasteiger partial charge >= 0.3 is 0 Å². The van der Waals surface area contributed by atoms with E-state index in [-0.39, 0.29) is 6.04 Å². The van der Waals surface area contributed by atoms with Gasteiger partial charge < -0.3 is 5.32 Å². The molecule has 1 heterocycles. The highest BCUT2D eigenvalue weighted by atomic mass is 79.9. The molecule has 3 aromatic rings. The van der Waals surface area contributed by atoms with Crippen LogP contribution >= 0.6 is 27.3 Å². The summed E-state index contributed by atoms with van der Waals surface area (Å²) in [7, 11) is 0. The molecule has 0 radical (unpaired) electrons. The molecular weight excluding hydrogens is 330 g/mol. The molecule has 0 saturated heterocycles. The van der Waals surface area contributed by atoms with Crippen LogP contribution in [0.3, 0.4) is 0 Å². The highest BCUT2D eigenvalue weighted by Gasteiger charge is 2.15. The zero-order chi connectivity index (χ0) is 13.9. The molecule has 0 spiro atoms. The molecule has 2 aromatic carbocycles. The third-order valence-electron chi connectivity index (χ3n) is 3.39. The fourth-order valence-electron chi connectivity index (χ4n) is 2.46. The van der Waals surface area contributed by atoms with Crippen LogP contribution in [0.4, 0.5) is 0 Å². The number of fused-ring (bicyclic) bond motifs is 1. The Morgan fingerprint density at radius 3 is 2.55 bits per heavy atom. The zero-order valence-corrected chi connectivity index (χ0v) is 13.7. The van der Waals surface area contributed by atoms with Crippen LogP contribution in [-0.4, -0.2) is 6.54 Å². The van der Waals surface area contributed by atoms with Gasteiger partial charge in [0, 0.05) is 4.88 Å². The number of rotatable bonds is 4. The molecular formula is C17H16BrNS. The van der Waals surface area contributed by atoms with E-state index in [4.69, 9.17) is 0 Å². The summed E-state index contributed by atoms with van der Waals surface area (Å²) in [5.41, 5.74) is 1.32. The van der Waals surface area contributed by atoms with Gasteiger partial charge in [0.1, 0.15) is 0 Å². The first-order chi connectivity index (χ1) is 9.78. The Hall–Kier alpha value is -1.16. The smallest absolute Gasteiger partial charge is 0.0702 e. The zero-order valence-electron chi connectivity index (χ0n) is 11.3. The Morgan fingerprint density at radius 1 is 1.05 bits per heavy atom. The molecule has 0 saturated carbocycles. The maximum atomic E-state index is 3.58. The van der Waals surface area contributed by atoms with E-state index in [2.05, 4.69) is 82.8 Å². The van der Waals surface area contributed by atoms with Crippen LogP contribution in [0.5, 0.6) is 0 Å². The third kappa shape index (κ3) is 2.80. The Kier molecular flexibility index (Phi) is 4.20. The van der Waals surface area contributed by atoms with E-state index in [0.717, 1.165) is 6.54 Å². The van der Waals surface area contributed by atoms with Crippen LogP contribution in [-0.2, 0) is 0 Å². The summed E-state index contributed by atoms with van der Waals surface area (Å²) in [5, 5.41) is 6.17. The largest absolute Gasteiger partial charge is 0.306 e. The fourth-order valence-corrected chi connectivity index (χ4v) is 3.99. The second kappa shape index (κ2) is 6.08. The maximum absolute atomic E-state index is 3.58. The van der Waals surface area contributed by atoms with Gasteiger partial charge in [-0.2, -0.15) is 0 Å². The second-order valence-electron chi connectivity index (χ2n) is 4.74. The molecule has 0 aliphatic rings. The molecule has 0 amide bonds. The van der Waals surface area contributed by atoms with Crippen molar-refractivity contribution in [1.29, 1.82) is 0 Å². The summed E-state index contributed by atoms with van der Waals surface area (Å²) in [6.45, 7) is 3.10. The second-order valence-corrected chi connectivity index (χ2v) is 7.23. The standard InChI is InChI=1S/C17H16BrNS/c1-2-19-17(15-9-10-16(18)20-15)14-8-7-12-5-3-4-6-13(12)11-14/h3-11,17,19H,2H2,1H3. The monoisotopic (exact) mass is 345 g/mol. The Morgan fingerprint density at radius 2 is 1.85 bits per heavy atom. The summed E-state index contributed by atoms with van der Waals surface area (Å²) >= 11 is 5.34. The van der Waals surface area contributed by atoms with Crippen molar-refractivity contribution in [2.45, 2.75) is 13.0 Å². The van der Waals surface area contributed by atoms with Gasteiger partial charge in [-0.05, 0) is 57.0 Å². The minimum Gasteiger partial charge on any atom is -0.306 e. The molecule has 20 heavy (non-hydrogen) atoms. The van der Waals surface area contributed by atoms with Crippen molar-refractivity contribution in [2.75, 3.05) is 6.54 Å². The molecule has 3 heteroatoms. The van der Waals surface area contributed by atoms with Crippen molar-refractivity contribution < 1.29 is 0 Å². The van der Waals surface area contributed by atoms with Crippen LogP contribution < -0.4 is 5.32 Å². The summed E-state index contributed by atoms with van der Waals surface area (Å²) in [5.74, 6) is 0. The number of benzene rings is 2. The number of halogens is 1. The van der Waals surface area contributed by atoms with Crippen molar-refractivity contribution in [3.63, 3.8) is 0 Å². The van der Waals surface area contributed by atoms with E-state index in [9.17, 15) is 0 Å². The van der Waals surface area contributed by atoms with Gasteiger partial charge in [0.2, 0.25) is 0 Å². The lowest BCUT2D eigenvalue weighted by molar-refractivity contribution is 0.640. The average Bonchev–Trinajstić information content (AvgIpc) is 2.90. The van der Waals surface area contributed by atoms with Crippen molar-refractivity contribution in [3.8, 4) is 0 Å². The lowest BCUT2D eigenvalue weighted by Gasteiger charge is -2.17. The van der Waals surface area contributed by atoms with Crippen molar-refractivity contribution in [2.24, 2.45) is 0 Å². The van der Waals surface area contributed by atoms with Crippen molar-refractivity contribution >= 4 is 38.0 Å². The third-order valence-corrected chi connectivity index (χ3v) is 5.08. The van der Waals surface area contributed by atoms with Gasteiger partial charge in [0.05, 0.1) is 9.83 Å². The Bertz CT molecular complexity index is 720. The summed E-state index contributed by atoms with van der Waals surface area (Å²) in [4.78, 5) is 1.34.